The van der Waals surface area contributed by atoms with Crippen molar-refractivity contribution in [3.05, 3.63) is 99.6 Å². The average molecular weight is 470 g/mol. The zero-order chi connectivity index (χ0) is 25.7. The van der Waals surface area contributed by atoms with Crippen LogP contribution in [0.4, 0.5) is 5.69 Å². The number of aryl methyl sites for hydroxylation is 3. The second kappa shape index (κ2) is 8.73. The largest absolute Gasteiger partial charge is 0.507 e. The summed E-state index contributed by atoms with van der Waals surface area (Å²) in [6.45, 7) is 11.9. The second-order valence-corrected chi connectivity index (χ2v) is 10.4. The van der Waals surface area contributed by atoms with Gasteiger partial charge in [-0.05, 0) is 66.6 Å². The topological polar surface area (TPSA) is 77.8 Å². The van der Waals surface area contributed by atoms with E-state index in [1.165, 1.54) is 11.0 Å². The Morgan fingerprint density at radius 3 is 2.23 bits per heavy atom. The number of anilines is 1. The van der Waals surface area contributed by atoms with Gasteiger partial charge in [-0.2, -0.15) is 0 Å². The second-order valence-electron chi connectivity index (χ2n) is 10.4. The molecule has 1 unspecified atom stereocenters. The van der Waals surface area contributed by atoms with Crippen molar-refractivity contribution in [1.82, 2.24) is 0 Å². The number of Topliss-reactive ketones (excluding diaryl/α,β-unsaturated/α-hetero) is 1. The summed E-state index contributed by atoms with van der Waals surface area (Å²) in [6, 6.07) is 17.3. The molecule has 4 rings (SSSR count). The van der Waals surface area contributed by atoms with Gasteiger partial charge in [-0.25, -0.2) is 0 Å². The van der Waals surface area contributed by atoms with Gasteiger partial charge >= 0.3 is 0 Å². The molecule has 0 bridgehead atoms. The number of aliphatic hydroxyl groups excluding tert-OH is 1. The molecule has 1 saturated heterocycles. The molecule has 180 valence electrons. The van der Waals surface area contributed by atoms with Crippen molar-refractivity contribution in [2.45, 2.75) is 53.0 Å². The van der Waals surface area contributed by atoms with Crippen molar-refractivity contribution >= 4 is 23.1 Å². The lowest BCUT2D eigenvalue weighted by atomic mass is 9.84. The zero-order valence-electron chi connectivity index (χ0n) is 21.0. The fourth-order valence-electron chi connectivity index (χ4n) is 4.55. The van der Waals surface area contributed by atoms with Crippen LogP contribution in [0.1, 0.15) is 60.2 Å². The summed E-state index contributed by atoms with van der Waals surface area (Å²) in [5.41, 5.74) is 4.85. The number of benzene rings is 3. The highest BCUT2D eigenvalue weighted by molar-refractivity contribution is 6.52. The Bertz CT molecular complexity index is 1380. The quantitative estimate of drug-likeness (QED) is 0.270. The van der Waals surface area contributed by atoms with E-state index in [4.69, 9.17) is 0 Å². The van der Waals surface area contributed by atoms with E-state index in [0.29, 0.717) is 11.1 Å². The molecule has 5 nitrogen and oxygen atoms in total. The average Bonchev–Trinajstić information content (AvgIpc) is 3.05. The fraction of sp³-hybridized carbons (Fsp3) is 0.267. The van der Waals surface area contributed by atoms with Crippen LogP contribution >= 0.6 is 0 Å². The molecule has 1 heterocycles. The van der Waals surface area contributed by atoms with Crippen molar-refractivity contribution < 1.29 is 19.8 Å². The minimum absolute atomic E-state index is 0.00988. The highest BCUT2D eigenvalue weighted by Crippen LogP contribution is 2.45. The van der Waals surface area contributed by atoms with E-state index in [2.05, 4.69) is 20.8 Å². The van der Waals surface area contributed by atoms with Crippen molar-refractivity contribution in [1.29, 1.82) is 0 Å². The third-order valence-corrected chi connectivity index (χ3v) is 6.55. The van der Waals surface area contributed by atoms with Gasteiger partial charge in [-0.3, -0.25) is 14.5 Å². The van der Waals surface area contributed by atoms with Crippen LogP contribution in [0.5, 0.6) is 5.75 Å². The van der Waals surface area contributed by atoms with Crippen LogP contribution in [-0.4, -0.2) is 21.9 Å². The number of amides is 1. The number of carbonyl (C=O) groups excluding carboxylic acids is 2. The molecule has 0 spiro atoms. The Balaban J connectivity index is 2.02. The summed E-state index contributed by atoms with van der Waals surface area (Å²) in [5, 5.41) is 22.2. The molecule has 1 aliphatic rings. The summed E-state index contributed by atoms with van der Waals surface area (Å²) in [6.07, 6.45) is 0. The molecule has 1 fully saturated rings. The molecule has 3 aromatic rings. The molecular formula is C30H31NO4. The Hall–Kier alpha value is -3.86. The molecule has 0 saturated carbocycles. The number of aliphatic hydroxyl groups is 1. The fourth-order valence-corrected chi connectivity index (χ4v) is 4.55. The van der Waals surface area contributed by atoms with E-state index in [-0.39, 0.29) is 28.2 Å². The van der Waals surface area contributed by atoms with Crippen molar-refractivity contribution in [2.75, 3.05) is 4.90 Å². The molecule has 0 aliphatic carbocycles. The molecule has 1 amide bonds. The zero-order valence-corrected chi connectivity index (χ0v) is 21.0. The van der Waals surface area contributed by atoms with E-state index >= 15 is 0 Å². The number of hydrogen-bond acceptors (Lipinski definition) is 4. The van der Waals surface area contributed by atoms with Gasteiger partial charge in [0.2, 0.25) is 0 Å². The van der Waals surface area contributed by atoms with Gasteiger partial charge in [-0.15, -0.1) is 0 Å². The van der Waals surface area contributed by atoms with Crippen molar-refractivity contribution in [3.8, 4) is 5.75 Å². The highest BCUT2D eigenvalue weighted by Gasteiger charge is 2.48. The van der Waals surface area contributed by atoms with Crippen LogP contribution in [0.2, 0.25) is 0 Å². The number of aromatic hydroxyl groups is 1. The molecule has 3 aromatic carbocycles. The summed E-state index contributed by atoms with van der Waals surface area (Å²) in [4.78, 5) is 28.2. The van der Waals surface area contributed by atoms with Crippen LogP contribution < -0.4 is 4.90 Å². The lowest BCUT2D eigenvalue weighted by molar-refractivity contribution is -0.132. The summed E-state index contributed by atoms with van der Waals surface area (Å²) in [5.74, 6) is -1.90. The smallest absolute Gasteiger partial charge is 0.300 e. The number of phenolic OH excluding ortho intramolecular Hbond substituents is 1. The van der Waals surface area contributed by atoms with Crippen molar-refractivity contribution in [3.63, 3.8) is 0 Å². The van der Waals surface area contributed by atoms with Gasteiger partial charge in [-0.1, -0.05) is 68.8 Å². The third-order valence-electron chi connectivity index (χ3n) is 6.55. The lowest BCUT2D eigenvalue weighted by Crippen LogP contribution is -2.29. The van der Waals surface area contributed by atoms with E-state index in [9.17, 15) is 19.8 Å². The first-order chi connectivity index (χ1) is 16.4. The van der Waals surface area contributed by atoms with Crippen LogP contribution in [-0.2, 0) is 15.0 Å². The molecule has 35 heavy (non-hydrogen) atoms. The van der Waals surface area contributed by atoms with Gasteiger partial charge < -0.3 is 10.2 Å². The van der Waals surface area contributed by atoms with Crippen LogP contribution in [0.15, 0.2) is 66.2 Å². The number of nitrogens with zero attached hydrogens (tertiary/aromatic N) is 1. The first kappa shape index (κ1) is 24.3. The number of ketones is 1. The minimum Gasteiger partial charge on any atom is -0.507 e. The van der Waals surface area contributed by atoms with E-state index in [0.717, 1.165) is 22.3 Å². The number of hydrogen-bond donors (Lipinski definition) is 2. The summed E-state index contributed by atoms with van der Waals surface area (Å²) >= 11 is 0. The highest BCUT2D eigenvalue weighted by atomic mass is 16.3. The van der Waals surface area contributed by atoms with Gasteiger partial charge in [0.25, 0.3) is 11.7 Å². The maximum Gasteiger partial charge on any atom is 0.300 e. The first-order valence-corrected chi connectivity index (χ1v) is 11.7. The number of rotatable bonds is 3. The van der Waals surface area contributed by atoms with Crippen LogP contribution in [0.3, 0.4) is 0 Å². The molecule has 5 heteroatoms. The van der Waals surface area contributed by atoms with Crippen LogP contribution in [0, 0.1) is 20.8 Å². The van der Waals surface area contributed by atoms with Crippen molar-refractivity contribution in [2.24, 2.45) is 0 Å². The van der Waals surface area contributed by atoms with E-state index in [1.54, 1.807) is 12.1 Å². The molecule has 0 aromatic heterocycles. The molecule has 0 radical (unpaired) electrons. The minimum atomic E-state index is -0.889. The molecule has 1 atom stereocenters. The monoisotopic (exact) mass is 469 g/mol. The SMILES string of the molecule is Cc1cccc(C2/C(=C(\O)c3cc(C(C)(C)C)ccc3C)C(=O)C(=O)N2c2cc(C)ccc2O)c1. The van der Waals surface area contributed by atoms with Gasteiger partial charge in [0.15, 0.2) is 0 Å². The molecule has 2 N–H and O–H groups in total. The maximum absolute atomic E-state index is 13.5. The Kier molecular flexibility index (Phi) is 6.05. The summed E-state index contributed by atoms with van der Waals surface area (Å²) < 4.78 is 0. The molecular weight excluding hydrogens is 438 g/mol. The Morgan fingerprint density at radius 2 is 1.57 bits per heavy atom. The predicted octanol–water partition coefficient (Wildman–Crippen LogP) is 6.24. The van der Waals surface area contributed by atoms with E-state index in [1.807, 2.05) is 63.2 Å². The van der Waals surface area contributed by atoms with E-state index < -0.39 is 17.7 Å². The number of carbonyl (C=O) groups is 2. The normalized spacial score (nSPS) is 17.8. The number of phenols is 1. The van der Waals surface area contributed by atoms with Crippen LogP contribution in [0.25, 0.3) is 5.76 Å². The Labute approximate surface area is 206 Å². The Morgan fingerprint density at radius 1 is 0.886 bits per heavy atom. The van der Waals surface area contributed by atoms with Gasteiger partial charge in [0, 0.05) is 5.56 Å². The maximum atomic E-state index is 13.5. The predicted molar refractivity (Wildman–Crippen MR) is 139 cm³/mol. The van der Waals surface area contributed by atoms with Gasteiger partial charge in [0.05, 0.1) is 17.3 Å². The molecule has 1 aliphatic heterocycles. The first-order valence-electron chi connectivity index (χ1n) is 11.7. The summed E-state index contributed by atoms with van der Waals surface area (Å²) in [7, 11) is 0. The van der Waals surface area contributed by atoms with Gasteiger partial charge in [0.1, 0.15) is 11.5 Å². The third kappa shape index (κ3) is 4.34. The lowest BCUT2D eigenvalue weighted by Gasteiger charge is -2.27. The standard InChI is InChI=1S/C30H31NO4/c1-17-8-7-9-20(14-17)26-25(27(33)22-16-21(30(4,5)6)12-11-19(22)3)28(34)29(35)31(26)23-15-18(2)10-13-24(23)32/h7-16,26,32-33H,1-6H3/b27-25+.